The van der Waals surface area contributed by atoms with Gasteiger partial charge in [0, 0.05) is 6.54 Å². The number of carbonyl (C=O) groups excluding carboxylic acids is 2. The molecule has 112 valence electrons. The van der Waals surface area contributed by atoms with Gasteiger partial charge in [0.05, 0.1) is 5.60 Å². The van der Waals surface area contributed by atoms with Crippen molar-refractivity contribution in [3.63, 3.8) is 0 Å². The Morgan fingerprint density at radius 3 is 2.05 bits per heavy atom. The monoisotopic (exact) mass is 302 g/mol. The summed E-state index contributed by atoms with van der Waals surface area (Å²) in [5, 5.41) is 13.3. The Bertz CT molecular complexity index is 322. The first-order valence-electron chi connectivity index (χ1n) is 5.41. The first kappa shape index (κ1) is 18.0. The van der Waals surface area contributed by atoms with Crippen LogP contribution in [0.15, 0.2) is 0 Å². The average molecular weight is 302 g/mol. The van der Waals surface area contributed by atoms with Crippen LogP contribution in [0.4, 0.5) is 13.2 Å². The van der Waals surface area contributed by atoms with E-state index in [2.05, 4.69) is 5.32 Å². The van der Waals surface area contributed by atoms with E-state index in [-0.39, 0.29) is 6.54 Å². The second kappa shape index (κ2) is 7.59. The Morgan fingerprint density at radius 2 is 1.63 bits per heavy atom. The van der Waals surface area contributed by atoms with Gasteiger partial charge in [0.2, 0.25) is 0 Å². The highest BCUT2D eigenvalue weighted by Gasteiger charge is 2.29. The summed E-state index contributed by atoms with van der Waals surface area (Å²) in [4.78, 5) is 22.2. The van der Waals surface area contributed by atoms with Crippen LogP contribution >= 0.6 is 11.8 Å². The molecule has 0 unspecified atom stereocenters. The minimum absolute atomic E-state index is 0.203. The lowest BCUT2D eigenvalue weighted by molar-refractivity contribution is -0.146. The van der Waals surface area contributed by atoms with E-state index in [1.165, 1.54) is 24.0 Å². The number of alkyl halides is 3. The Kier molecular flexibility index (Phi) is 7.20. The predicted octanol–water partition coefficient (Wildman–Crippen LogP) is 0.285. The van der Waals surface area contributed by atoms with Crippen LogP contribution in [0, 0.1) is 0 Å². The summed E-state index contributed by atoms with van der Waals surface area (Å²) in [6, 6.07) is 0. The van der Waals surface area contributed by atoms with Crippen LogP contribution in [-0.4, -0.2) is 53.8 Å². The second-order valence-electron chi connectivity index (χ2n) is 4.22. The van der Waals surface area contributed by atoms with Gasteiger partial charge in [0.25, 0.3) is 0 Å². The van der Waals surface area contributed by atoms with E-state index in [4.69, 9.17) is 0 Å². The second-order valence-corrected chi connectivity index (χ2v) is 5.21. The molecule has 1 atom stereocenters. The summed E-state index contributed by atoms with van der Waals surface area (Å²) in [7, 11) is 0. The highest BCUT2D eigenvalue weighted by molar-refractivity contribution is 7.98. The molecule has 0 radical (unpaired) electrons. The van der Waals surface area contributed by atoms with Crippen LogP contribution in [0.2, 0.25) is 0 Å². The minimum Gasteiger partial charge on any atom is -0.388 e. The normalized spacial score (nSPS) is 14.6. The standard InChI is InChI=1S/C10H17F3N2O3S/c1-9(18,3-4-19-2)5-14-7(16)8(17)15-6-10(11,12)13/h18H,3-6H2,1-2H3,(H,14,16)(H,15,17)/t9-/m0/s1. The van der Waals surface area contributed by atoms with Gasteiger partial charge >= 0.3 is 18.0 Å². The van der Waals surface area contributed by atoms with Crippen LogP contribution < -0.4 is 10.6 Å². The van der Waals surface area contributed by atoms with Crippen molar-refractivity contribution < 1.29 is 27.9 Å². The van der Waals surface area contributed by atoms with Gasteiger partial charge in [-0.15, -0.1) is 0 Å². The Hall–Kier alpha value is -0.960. The molecule has 0 aromatic carbocycles. The Morgan fingerprint density at radius 1 is 1.16 bits per heavy atom. The topological polar surface area (TPSA) is 78.4 Å². The maximum Gasteiger partial charge on any atom is 0.405 e. The van der Waals surface area contributed by atoms with Gasteiger partial charge in [-0.2, -0.15) is 24.9 Å². The Labute approximate surface area is 113 Å². The molecule has 0 aliphatic heterocycles. The van der Waals surface area contributed by atoms with E-state index in [0.29, 0.717) is 12.2 Å². The molecular weight excluding hydrogens is 285 g/mol. The molecule has 0 spiro atoms. The lowest BCUT2D eigenvalue weighted by Gasteiger charge is -2.23. The van der Waals surface area contributed by atoms with Crippen LogP contribution in [0.25, 0.3) is 0 Å². The quantitative estimate of drug-likeness (QED) is 0.616. The van der Waals surface area contributed by atoms with Crippen molar-refractivity contribution in [2.45, 2.75) is 25.1 Å². The maximum absolute atomic E-state index is 11.8. The molecule has 19 heavy (non-hydrogen) atoms. The molecule has 0 rings (SSSR count). The molecule has 0 aliphatic rings. The van der Waals surface area contributed by atoms with E-state index < -0.39 is 30.1 Å². The van der Waals surface area contributed by atoms with Crippen LogP contribution in [0.5, 0.6) is 0 Å². The van der Waals surface area contributed by atoms with Crippen molar-refractivity contribution in [1.82, 2.24) is 10.6 Å². The summed E-state index contributed by atoms with van der Waals surface area (Å²) in [6.07, 6.45) is -2.34. The number of aliphatic hydroxyl groups is 1. The number of rotatable bonds is 6. The van der Waals surface area contributed by atoms with Gasteiger partial charge < -0.3 is 15.7 Å². The van der Waals surface area contributed by atoms with Crippen LogP contribution in [0.1, 0.15) is 13.3 Å². The number of hydrogen-bond donors (Lipinski definition) is 3. The molecule has 0 saturated heterocycles. The van der Waals surface area contributed by atoms with Crippen LogP contribution in [0.3, 0.4) is 0 Å². The fraction of sp³-hybridized carbons (Fsp3) is 0.800. The van der Waals surface area contributed by atoms with E-state index in [0.717, 1.165) is 0 Å². The van der Waals surface area contributed by atoms with Crippen LogP contribution in [-0.2, 0) is 9.59 Å². The summed E-state index contributed by atoms with van der Waals surface area (Å²) in [6.45, 7) is -0.301. The fourth-order valence-corrected chi connectivity index (χ4v) is 1.67. The zero-order valence-corrected chi connectivity index (χ0v) is 11.5. The van der Waals surface area contributed by atoms with Gasteiger partial charge in [-0.3, -0.25) is 9.59 Å². The Balaban J connectivity index is 4.06. The zero-order chi connectivity index (χ0) is 15.1. The minimum atomic E-state index is -4.57. The smallest absolute Gasteiger partial charge is 0.388 e. The lowest BCUT2D eigenvalue weighted by atomic mass is 10.0. The largest absolute Gasteiger partial charge is 0.405 e. The highest BCUT2D eigenvalue weighted by Crippen LogP contribution is 2.12. The lowest BCUT2D eigenvalue weighted by Crippen LogP contribution is -2.48. The van der Waals surface area contributed by atoms with Gasteiger partial charge in [-0.25, -0.2) is 0 Å². The molecule has 0 fully saturated rings. The zero-order valence-electron chi connectivity index (χ0n) is 10.6. The van der Waals surface area contributed by atoms with Gasteiger partial charge in [0.15, 0.2) is 0 Å². The van der Waals surface area contributed by atoms with E-state index >= 15 is 0 Å². The summed E-state index contributed by atoms with van der Waals surface area (Å²) < 4.78 is 35.4. The van der Waals surface area contributed by atoms with E-state index in [9.17, 15) is 27.9 Å². The van der Waals surface area contributed by atoms with Gasteiger partial charge in [0.1, 0.15) is 6.54 Å². The average Bonchev–Trinajstić information content (AvgIpc) is 2.29. The van der Waals surface area contributed by atoms with Crippen molar-refractivity contribution in [2.24, 2.45) is 0 Å². The van der Waals surface area contributed by atoms with E-state index in [1.807, 2.05) is 6.26 Å². The molecule has 5 nitrogen and oxygen atoms in total. The molecule has 0 aromatic rings. The molecule has 2 amide bonds. The molecule has 0 saturated carbocycles. The number of carbonyl (C=O) groups is 2. The highest BCUT2D eigenvalue weighted by atomic mass is 32.2. The first-order valence-corrected chi connectivity index (χ1v) is 6.81. The molecule has 0 aromatic heterocycles. The summed E-state index contributed by atoms with van der Waals surface area (Å²) in [5.41, 5.74) is -1.21. The van der Waals surface area contributed by atoms with Crippen molar-refractivity contribution in [2.75, 3.05) is 25.1 Å². The fourth-order valence-electron chi connectivity index (χ4n) is 1.02. The molecule has 0 aliphatic carbocycles. The first-order chi connectivity index (χ1) is 8.57. The maximum atomic E-state index is 11.8. The SMILES string of the molecule is CSCC[C@](C)(O)CNC(=O)C(=O)NCC(F)(F)F. The number of amides is 2. The third-order valence-corrected chi connectivity index (χ3v) is 2.74. The van der Waals surface area contributed by atoms with Gasteiger partial charge in [-0.05, 0) is 25.4 Å². The summed E-state index contributed by atoms with van der Waals surface area (Å²) in [5.74, 6) is -1.92. The van der Waals surface area contributed by atoms with Crippen molar-refractivity contribution in [3.05, 3.63) is 0 Å². The number of halogens is 3. The predicted molar refractivity (Wildman–Crippen MR) is 65.7 cm³/mol. The number of hydrogen-bond acceptors (Lipinski definition) is 4. The third-order valence-electron chi connectivity index (χ3n) is 2.13. The molecule has 9 heteroatoms. The molecular formula is C10H17F3N2O3S. The van der Waals surface area contributed by atoms with Crippen molar-refractivity contribution >= 4 is 23.6 Å². The molecule has 0 heterocycles. The number of thioether (sulfide) groups is 1. The van der Waals surface area contributed by atoms with Crippen molar-refractivity contribution in [3.8, 4) is 0 Å². The third kappa shape index (κ3) is 9.60. The number of nitrogens with one attached hydrogen (secondary N) is 2. The van der Waals surface area contributed by atoms with Gasteiger partial charge in [-0.1, -0.05) is 0 Å². The molecule has 3 N–H and O–H groups in total. The molecule has 0 bridgehead atoms. The van der Waals surface area contributed by atoms with E-state index in [1.54, 1.807) is 0 Å². The summed E-state index contributed by atoms with van der Waals surface area (Å²) >= 11 is 1.50. The van der Waals surface area contributed by atoms with Crippen molar-refractivity contribution in [1.29, 1.82) is 0 Å².